The van der Waals surface area contributed by atoms with Gasteiger partial charge in [-0.2, -0.15) is 0 Å². The molecule has 0 saturated carbocycles. The predicted molar refractivity (Wildman–Crippen MR) is 57.6 cm³/mol. The Hall–Kier alpha value is -1.99. The molecule has 0 radical (unpaired) electrons. The zero-order chi connectivity index (χ0) is 13.0. The molecule has 1 heterocycles. The van der Waals surface area contributed by atoms with Gasteiger partial charge in [0.15, 0.2) is 12.4 Å². The van der Waals surface area contributed by atoms with Gasteiger partial charge in [0, 0.05) is 6.42 Å². The quantitative estimate of drug-likeness (QED) is 0.756. The molecule has 17 heavy (non-hydrogen) atoms. The van der Waals surface area contributed by atoms with Crippen LogP contribution < -0.4 is 5.01 Å². The highest BCUT2D eigenvalue weighted by Crippen LogP contribution is 2.11. The Morgan fingerprint density at radius 1 is 1.47 bits per heavy atom. The molecule has 1 rings (SSSR count). The molecule has 0 bridgehead atoms. The number of nitrogens with zero attached hydrogens (tertiary/aromatic N) is 5. The van der Waals surface area contributed by atoms with Crippen LogP contribution in [0.3, 0.4) is 0 Å². The van der Waals surface area contributed by atoms with Crippen LogP contribution in [0.4, 0.5) is 0 Å². The lowest BCUT2D eigenvalue weighted by Crippen LogP contribution is -2.54. The van der Waals surface area contributed by atoms with Crippen LogP contribution in [0.1, 0.15) is 27.2 Å². The normalized spacial score (nSPS) is 12.5. The molecule has 0 spiro atoms. The van der Waals surface area contributed by atoms with E-state index < -0.39 is 12.0 Å². The van der Waals surface area contributed by atoms with E-state index in [0.717, 1.165) is 9.80 Å². The molecular formula is C9H15N5O3. The maximum Gasteiger partial charge on any atom is 0.328 e. The van der Waals surface area contributed by atoms with Gasteiger partial charge in [0.2, 0.25) is 5.91 Å². The summed E-state index contributed by atoms with van der Waals surface area (Å²) in [4.78, 5) is 24.1. The van der Waals surface area contributed by atoms with Crippen LogP contribution >= 0.6 is 0 Å². The first-order chi connectivity index (χ1) is 7.99. The fourth-order valence-electron chi connectivity index (χ4n) is 1.49. The van der Waals surface area contributed by atoms with E-state index in [2.05, 4.69) is 15.5 Å². The highest BCUT2D eigenvalue weighted by molar-refractivity contribution is 5.92. The van der Waals surface area contributed by atoms with Crippen LogP contribution in [0.25, 0.3) is 0 Å². The summed E-state index contributed by atoms with van der Waals surface area (Å²) in [7, 11) is 0. The fraction of sp³-hybridized carbons (Fsp3) is 0.667. The summed E-state index contributed by atoms with van der Waals surface area (Å²) in [5, 5.41) is 20.6. The lowest BCUT2D eigenvalue weighted by atomic mass is 10.0. The van der Waals surface area contributed by atoms with Gasteiger partial charge >= 0.3 is 5.97 Å². The molecule has 8 heteroatoms. The third-order valence-electron chi connectivity index (χ3n) is 2.26. The second-order valence-electron chi connectivity index (χ2n) is 3.85. The Bertz CT molecular complexity index is 389. The highest BCUT2D eigenvalue weighted by Gasteiger charge is 2.33. The lowest BCUT2D eigenvalue weighted by Gasteiger charge is -2.29. The number of amides is 1. The van der Waals surface area contributed by atoms with E-state index in [1.54, 1.807) is 20.8 Å². The highest BCUT2D eigenvalue weighted by atomic mass is 16.4. The minimum Gasteiger partial charge on any atom is -0.480 e. The van der Waals surface area contributed by atoms with Crippen molar-refractivity contribution >= 4 is 11.9 Å². The minimum absolute atomic E-state index is 0.177. The van der Waals surface area contributed by atoms with Gasteiger partial charge in [0.1, 0.15) is 0 Å². The van der Waals surface area contributed by atoms with Crippen LogP contribution in [0, 0.1) is 5.92 Å². The third-order valence-corrected chi connectivity index (χ3v) is 2.26. The van der Waals surface area contributed by atoms with E-state index in [4.69, 9.17) is 0 Å². The number of tetrazole rings is 1. The van der Waals surface area contributed by atoms with Crippen molar-refractivity contribution in [3.63, 3.8) is 0 Å². The molecular weight excluding hydrogens is 226 g/mol. The van der Waals surface area contributed by atoms with Crippen molar-refractivity contribution in [2.24, 2.45) is 5.92 Å². The summed E-state index contributed by atoms with van der Waals surface area (Å²) < 4.78 is 0. The van der Waals surface area contributed by atoms with Crippen LogP contribution in [-0.4, -0.2) is 43.3 Å². The zero-order valence-electron chi connectivity index (χ0n) is 9.94. The Morgan fingerprint density at radius 2 is 2.12 bits per heavy atom. The second-order valence-corrected chi connectivity index (χ2v) is 3.85. The molecule has 94 valence electrons. The van der Waals surface area contributed by atoms with Gasteiger partial charge in [-0.25, -0.2) is 9.80 Å². The first kappa shape index (κ1) is 13.1. The largest absolute Gasteiger partial charge is 0.480 e. The van der Waals surface area contributed by atoms with Crippen LogP contribution in [0.5, 0.6) is 0 Å². The molecule has 0 fully saturated rings. The van der Waals surface area contributed by atoms with E-state index in [1.165, 1.54) is 6.33 Å². The topological polar surface area (TPSA) is 101 Å². The van der Waals surface area contributed by atoms with Gasteiger partial charge in [0.05, 0.1) is 0 Å². The molecule has 1 aromatic heterocycles. The second kappa shape index (κ2) is 5.37. The van der Waals surface area contributed by atoms with E-state index in [0.29, 0.717) is 0 Å². The van der Waals surface area contributed by atoms with E-state index in [1.807, 2.05) is 0 Å². The number of hydrogen-bond donors (Lipinski definition) is 1. The number of aromatic nitrogens is 4. The summed E-state index contributed by atoms with van der Waals surface area (Å²) in [6.45, 7) is 5.09. The van der Waals surface area contributed by atoms with Crippen molar-refractivity contribution in [1.82, 2.24) is 20.3 Å². The van der Waals surface area contributed by atoms with Crippen LogP contribution in [0.15, 0.2) is 6.33 Å². The van der Waals surface area contributed by atoms with Gasteiger partial charge in [-0.15, -0.1) is 9.89 Å². The third kappa shape index (κ3) is 2.77. The molecule has 1 atom stereocenters. The van der Waals surface area contributed by atoms with Crippen LogP contribution in [0.2, 0.25) is 0 Å². The first-order valence-corrected chi connectivity index (χ1v) is 5.27. The Morgan fingerprint density at radius 3 is 2.47 bits per heavy atom. The average Bonchev–Trinajstić information content (AvgIpc) is 2.76. The molecule has 8 nitrogen and oxygen atoms in total. The molecule has 1 N–H and O–H groups in total. The SMILES string of the molecule is CCC(=O)N([C@H](C(=O)O)C(C)C)n1cnnn1. The number of carbonyl (C=O) groups excluding carboxylic acids is 1. The van der Waals surface area contributed by atoms with E-state index in [-0.39, 0.29) is 18.2 Å². The molecule has 1 amide bonds. The number of hydrogen-bond acceptors (Lipinski definition) is 5. The maximum absolute atomic E-state index is 11.8. The summed E-state index contributed by atoms with van der Waals surface area (Å²) in [5.74, 6) is -1.69. The van der Waals surface area contributed by atoms with Crippen molar-refractivity contribution in [1.29, 1.82) is 0 Å². The van der Waals surface area contributed by atoms with Crippen molar-refractivity contribution in [3.05, 3.63) is 6.33 Å². The van der Waals surface area contributed by atoms with E-state index >= 15 is 0 Å². The molecule has 0 aromatic carbocycles. The Balaban J connectivity index is 3.13. The molecule has 0 unspecified atom stereocenters. The molecule has 0 saturated heterocycles. The van der Waals surface area contributed by atoms with Gasteiger partial charge in [-0.05, 0) is 16.3 Å². The predicted octanol–water partition coefficient (Wildman–Crippen LogP) is -0.343. The number of rotatable bonds is 5. The van der Waals surface area contributed by atoms with E-state index in [9.17, 15) is 14.7 Å². The standard InChI is InChI=1S/C9H15N5O3/c1-4-7(15)14(13-5-10-11-12-13)8(6(2)3)9(16)17/h5-6,8H,4H2,1-3H3,(H,16,17)/t8-/m0/s1. The summed E-state index contributed by atoms with van der Waals surface area (Å²) in [5.41, 5.74) is 0. The van der Waals surface area contributed by atoms with Gasteiger partial charge in [-0.1, -0.05) is 20.8 Å². The Labute approximate surface area is 98.2 Å². The zero-order valence-corrected chi connectivity index (χ0v) is 9.94. The molecule has 0 aliphatic heterocycles. The molecule has 0 aliphatic carbocycles. The number of aliphatic carboxylic acids is 1. The summed E-state index contributed by atoms with van der Waals surface area (Å²) in [6, 6.07) is -0.994. The lowest BCUT2D eigenvalue weighted by molar-refractivity contribution is -0.142. The smallest absolute Gasteiger partial charge is 0.328 e. The Kier molecular flexibility index (Phi) is 4.13. The monoisotopic (exact) mass is 241 g/mol. The van der Waals surface area contributed by atoms with Crippen molar-refractivity contribution in [2.45, 2.75) is 33.2 Å². The number of carboxylic acid groups (broad SMARTS) is 1. The molecule has 1 aromatic rings. The minimum atomic E-state index is -1.09. The summed E-state index contributed by atoms with van der Waals surface area (Å²) >= 11 is 0. The number of carboxylic acids is 1. The van der Waals surface area contributed by atoms with Gasteiger partial charge < -0.3 is 5.11 Å². The van der Waals surface area contributed by atoms with Crippen molar-refractivity contribution in [2.75, 3.05) is 5.01 Å². The van der Waals surface area contributed by atoms with Gasteiger partial charge in [0.25, 0.3) is 0 Å². The fourth-order valence-corrected chi connectivity index (χ4v) is 1.49. The van der Waals surface area contributed by atoms with Gasteiger partial charge in [-0.3, -0.25) is 4.79 Å². The number of carbonyl (C=O) groups is 2. The maximum atomic E-state index is 11.8. The van der Waals surface area contributed by atoms with Crippen LogP contribution in [-0.2, 0) is 9.59 Å². The van der Waals surface area contributed by atoms with Crippen molar-refractivity contribution < 1.29 is 14.7 Å². The average molecular weight is 241 g/mol. The van der Waals surface area contributed by atoms with Crippen molar-refractivity contribution in [3.8, 4) is 0 Å². The first-order valence-electron chi connectivity index (χ1n) is 5.27. The molecule has 0 aliphatic rings. The summed E-state index contributed by atoms with van der Waals surface area (Å²) in [6.07, 6.45) is 1.38.